The Bertz CT molecular complexity index is 199. The number of aliphatic hydroxyl groups excluding tert-OH is 4. The van der Waals surface area contributed by atoms with Crippen LogP contribution in [0.25, 0.3) is 0 Å². The van der Waals surface area contributed by atoms with Gasteiger partial charge in [0, 0.05) is 12.6 Å². The first-order chi connectivity index (χ1) is 6.15. The summed E-state index contributed by atoms with van der Waals surface area (Å²) in [5.74, 6) is 0. The second-order valence-electron chi connectivity index (χ2n) is 3.88. The first-order valence-electron chi connectivity index (χ1n) is 4.56. The van der Waals surface area contributed by atoms with E-state index in [0.29, 0.717) is 13.0 Å². The van der Waals surface area contributed by atoms with Crippen molar-refractivity contribution in [2.24, 2.45) is 0 Å². The van der Waals surface area contributed by atoms with Gasteiger partial charge in [-0.15, -0.1) is 0 Å². The van der Waals surface area contributed by atoms with Crippen molar-refractivity contribution in [2.45, 2.75) is 36.8 Å². The fourth-order valence-corrected chi connectivity index (χ4v) is 2.45. The molecule has 76 valence electrons. The zero-order valence-corrected chi connectivity index (χ0v) is 7.24. The van der Waals surface area contributed by atoms with Gasteiger partial charge in [0.15, 0.2) is 0 Å². The summed E-state index contributed by atoms with van der Waals surface area (Å²) in [6.07, 6.45) is -1.69. The van der Waals surface area contributed by atoms with Crippen LogP contribution >= 0.6 is 0 Å². The quantitative estimate of drug-likeness (QED) is 0.367. The first-order valence-corrected chi connectivity index (χ1v) is 4.56. The number of nitrogens with zero attached hydrogens (tertiary/aromatic N) is 1. The smallest absolute Gasteiger partial charge is 0.0991 e. The van der Waals surface area contributed by atoms with Crippen LogP contribution in [0.5, 0.6) is 0 Å². The summed E-state index contributed by atoms with van der Waals surface area (Å²) in [5, 5.41) is 37.4. The molecule has 0 bridgehead atoms. The Balaban J connectivity index is 2.15. The molecule has 0 aliphatic carbocycles. The van der Waals surface area contributed by atoms with Crippen LogP contribution in [0.3, 0.4) is 0 Å². The summed E-state index contributed by atoms with van der Waals surface area (Å²) < 4.78 is 0. The monoisotopic (exact) mass is 189 g/mol. The largest absolute Gasteiger partial charge is 0.395 e. The lowest BCUT2D eigenvalue weighted by molar-refractivity contribution is 0.00859. The Morgan fingerprint density at radius 1 is 1.15 bits per heavy atom. The molecule has 0 aromatic carbocycles. The predicted octanol–water partition coefficient (Wildman–Crippen LogP) is -2.48. The second kappa shape index (κ2) is 3.18. The average Bonchev–Trinajstić information content (AvgIpc) is 2.54. The van der Waals surface area contributed by atoms with E-state index in [-0.39, 0.29) is 12.6 Å². The Kier molecular flexibility index (Phi) is 2.29. The molecule has 0 aromatic heterocycles. The van der Waals surface area contributed by atoms with Gasteiger partial charge >= 0.3 is 0 Å². The summed E-state index contributed by atoms with van der Waals surface area (Å²) in [7, 11) is 0. The molecule has 4 N–H and O–H groups in total. The number of fused-ring (bicyclic) bond motifs is 1. The van der Waals surface area contributed by atoms with Gasteiger partial charge in [-0.05, 0) is 6.42 Å². The molecule has 2 aliphatic heterocycles. The Hall–Kier alpha value is -0.200. The molecule has 5 atom stereocenters. The maximum atomic E-state index is 9.57. The molecule has 2 rings (SSSR count). The third-order valence-corrected chi connectivity index (χ3v) is 3.11. The molecule has 0 amide bonds. The van der Waals surface area contributed by atoms with E-state index in [1.54, 1.807) is 4.90 Å². The Labute approximate surface area is 76.2 Å². The molecule has 2 fully saturated rings. The number of aliphatic hydroxyl groups is 4. The van der Waals surface area contributed by atoms with Crippen molar-refractivity contribution in [3.8, 4) is 0 Å². The van der Waals surface area contributed by atoms with Gasteiger partial charge in [0.1, 0.15) is 0 Å². The lowest BCUT2D eigenvalue weighted by Gasteiger charge is -2.22. The zero-order chi connectivity index (χ0) is 9.59. The number of hydrogen-bond acceptors (Lipinski definition) is 5. The van der Waals surface area contributed by atoms with Crippen LogP contribution in [-0.2, 0) is 0 Å². The first kappa shape index (κ1) is 9.36. The van der Waals surface area contributed by atoms with E-state index in [0.717, 1.165) is 0 Å². The van der Waals surface area contributed by atoms with Gasteiger partial charge in [-0.2, -0.15) is 0 Å². The van der Waals surface area contributed by atoms with E-state index < -0.39 is 24.4 Å². The third kappa shape index (κ3) is 1.28. The van der Waals surface area contributed by atoms with Crippen LogP contribution in [-0.4, -0.2) is 68.9 Å². The number of hydrogen-bond donors (Lipinski definition) is 4. The van der Waals surface area contributed by atoms with Crippen molar-refractivity contribution in [1.82, 2.24) is 4.90 Å². The molecule has 13 heavy (non-hydrogen) atoms. The molecule has 0 saturated carbocycles. The zero-order valence-electron chi connectivity index (χ0n) is 7.24. The van der Waals surface area contributed by atoms with Crippen LogP contribution in [0.1, 0.15) is 6.42 Å². The van der Waals surface area contributed by atoms with Crippen molar-refractivity contribution < 1.29 is 20.4 Å². The molecule has 0 radical (unpaired) electrons. The molecule has 2 heterocycles. The lowest BCUT2D eigenvalue weighted by atomic mass is 10.0. The van der Waals surface area contributed by atoms with E-state index in [1.165, 1.54) is 0 Å². The lowest BCUT2D eigenvalue weighted by Crippen LogP contribution is -2.40. The van der Waals surface area contributed by atoms with Crippen molar-refractivity contribution in [1.29, 1.82) is 0 Å². The summed E-state index contributed by atoms with van der Waals surface area (Å²) in [4.78, 5) is 1.79. The molecule has 0 spiro atoms. The molecule has 5 nitrogen and oxygen atoms in total. The fourth-order valence-electron chi connectivity index (χ4n) is 2.45. The number of rotatable bonds is 1. The minimum absolute atomic E-state index is 0.179. The highest BCUT2D eigenvalue weighted by Gasteiger charge is 2.51. The molecule has 0 aromatic rings. The van der Waals surface area contributed by atoms with Gasteiger partial charge in [0.2, 0.25) is 0 Å². The van der Waals surface area contributed by atoms with Gasteiger partial charge in [-0.3, -0.25) is 4.90 Å². The summed E-state index contributed by atoms with van der Waals surface area (Å²) in [6, 6.07) is -0.612. The topological polar surface area (TPSA) is 84.2 Å². The highest BCUT2D eigenvalue weighted by Crippen LogP contribution is 2.32. The predicted molar refractivity (Wildman–Crippen MR) is 44.0 cm³/mol. The van der Waals surface area contributed by atoms with Crippen LogP contribution < -0.4 is 0 Å². The molecular weight excluding hydrogens is 174 g/mol. The third-order valence-electron chi connectivity index (χ3n) is 3.11. The van der Waals surface area contributed by atoms with Crippen molar-refractivity contribution in [2.75, 3.05) is 13.2 Å². The Morgan fingerprint density at radius 3 is 2.46 bits per heavy atom. The Morgan fingerprint density at radius 2 is 1.85 bits per heavy atom. The molecule has 2 aliphatic rings. The van der Waals surface area contributed by atoms with Crippen LogP contribution in [0.4, 0.5) is 0 Å². The van der Waals surface area contributed by atoms with E-state index in [4.69, 9.17) is 5.11 Å². The van der Waals surface area contributed by atoms with Gasteiger partial charge in [0.25, 0.3) is 0 Å². The van der Waals surface area contributed by atoms with Gasteiger partial charge in [-0.25, -0.2) is 0 Å². The van der Waals surface area contributed by atoms with E-state index >= 15 is 0 Å². The summed E-state index contributed by atoms with van der Waals surface area (Å²) >= 11 is 0. The normalized spacial score (nSPS) is 51.2. The summed E-state index contributed by atoms with van der Waals surface area (Å²) in [5.41, 5.74) is 0. The highest BCUT2D eigenvalue weighted by atomic mass is 16.3. The SMILES string of the molecule is OC[C@@H]1[C@@H](O)[C@@H](O)[C@@H]2C[C@H](O)CN12. The van der Waals surface area contributed by atoms with E-state index in [2.05, 4.69) is 0 Å². The van der Waals surface area contributed by atoms with Gasteiger partial charge < -0.3 is 20.4 Å². The van der Waals surface area contributed by atoms with Crippen molar-refractivity contribution in [3.63, 3.8) is 0 Å². The standard InChI is InChI=1S/C8H15NO4/c10-3-6-8(13)7(12)5-1-4(11)2-9(5)6/h4-8,10-13H,1-3H2/t4-,5-,6+,7-,8+/m0/s1. The maximum absolute atomic E-state index is 9.57. The molecular formula is C8H15NO4. The van der Waals surface area contributed by atoms with Crippen LogP contribution in [0.2, 0.25) is 0 Å². The highest BCUT2D eigenvalue weighted by molar-refractivity contribution is 5.05. The van der Waals surface area contributed by atoms with Gasteiger partial charge in [0.05, 0.1) is 31.0 Å². The maximum Gasteiger partial charge on any atom is 0.0991 e. The van der Waals surface area contributed by atoms with E-state index in [1.807, 2.05) is 0 Å². The van der Waals surface area contributed by atoms with Crippen LogP contribution in [0.15, 0.2) is 0 Å². The fraction of sp³-hybridized carbons (Fsp3) is 1.00. The second-order valence-corrected chi connectivity index (χ2v) is 3.88. The minimum Gasteiger partial charge on any atom is -0.395 e. The summed E-state index contributed by atoms with van der Waals surface area (Å²) in [6.45, 7) is 0.255. The molecule has 0 unspecified atom stereocenters. The van der Waals surface area contributed by atoms with Crippen molar-refractivity contribution >= 4 is 0 Å². The van der Waals surface area contributed by atoms with Crippen molar-refractivity contribution in [3.05, 3.63) is 0 Å². The van der Waals surface area contributed by atoms with E-state index in [9.17, 15) is 15.3 Å². The minimum atomic E-state index is -0.887. The molecule has 5 heteroatoms. The average molecular weight is 189 g/mol. The van der Waals surface area contributed by atoms with Crippen LogP contribution in [0, 0.1) is 0 Å². The molecule has 2 saturated heterocycles. The van der Waals surface area contributed by atoms with Gasteiger partial charge in [-0.1, -0.05) is 0 Å².